The summed E-state index contributed by atoms with van der Waals surface area (Å²) in [7, 11) is -0.177. The van der Waals surface area contributed by atoms with Gasteiger partial charge < -0.3 is 23.6 Å². The first-order chi connectivity index (χ1) is 19.2. The fourth-order valence-corrected chi connectivity index (χ4v) is 7.01. The Balaban J connectivity index is 1.42. The second-order valence-corrected chi connectivity index (χ2v) is 12.5. The van der Waals surface area contributed by atoms with Gasteiger partial charge in [0.15, 0.2) is 11.5 Å². The number of nitrogens with one attached hydrogen (secondary N) is 1. The molecule has 0 aliphatic carbocycles. The second kappa shape index (κ2) is 13.3. The molecule has 1 aliphatic rings. The molecule has 1 aliphatic heterocycles. The monoisotopic (exact) mass is 570 g/mol. The Hall–Kier alpha value is -3.36. The third-order valence-corrected chi connectivity index (χ3v) is 9.09. The second-order valence-electron chi connectivity index (χ2n) is 10.3. The number of fused-ring (bicyclic) bond motifs is 1. The van der Waals surface area contributed by atoms with Gasteiger partial charge in [-0.2, -0.15) is 0 Å². The van der Waals surface area contributed by atoms with Crippen molar-refractivity contribution in [2.75, 3.05) is 38.4 Å². The van der Waals surface area contributed by atoms with Gasteiger partial charge in [-0.3, -0.25) is 9.36 Å². The van der Waals surface area contributed by atoms with Crippen molar-refractivity contribution in [3.05, 3.63) is 48.8 Å². The van der Waals surface area contributed by atoms with Gasteiger partial charge in [0.25, 0.3) is 0 Å². The van der Waals surface area contributed by atoms with Crippen LogP contribution in [0, 0.1) is 5.92 Å². The van der Waals surface area contributed by atoms with Gasteiger partial charge in [-0.15, -0.1) is 0 Å². The van der Waals surface area contributed by atoms with Crippen LogP contribution in [0.4, 0.5) is 5.82 Å². The first kappa shape index (κ1) is 29.6. The van der Waals surface area contributed by atoms with Gasteiger partial charge in [-0.05, 0) is 64.2 Å². The molecule has 2 heterocycles. The van der Waals surface area contributed by atoms with Crippen LogP contribution in [0.2, 0.25) is 0 Å². The molecule has 2 atom stereocenters. The molecule has 3 aromatic rings. The fourth-order valence-electron chi connectivity index (χ4n) is 4.88. The lowest BCUT2D eigenvalue weighted by Gasteiger charge is -2.34. The maximum Gasteiger partial charge on any atom is 0.323 e. The molecular weight excluding hydrogens is 531 g/mol. The van der Waals surface area contributed by atoms with E-state index in [0.717, 1.165) is 42.7 Å². The van der Waals surface area contributed by atoms with Gasteiger partial charge in [-0.25, -0.2) is 15.1 Å². The van der Waals surface area contributed by atoms with E-state index in [1.54, 1.807) is 53.5 Å². The van der Waals surface area contributed by atoms with Crippen LogP contribution in [-0.2, 0) is 14.1 Å². The SMILES string of the molecule is COc1cc2ncnc(N3CCC(CCP(=O)(N[C@@H](C)C(=O)OC(C)C)Oc4ccccc4)CC3)c2cc1OC. The highest BCUT2D eigenvalue weighted by Gasteiger charge is 2.32. The minimum atomic E-state index is -3.39. The first-order valence-corrected chi connectivity index (χ1v) is 15.5. The van der Waals surface area contributed by atoms with Crippen LogP contribution in [0.25, 0.3) is 10.9 Å². The summed E-state index contributed by atoms with van der Waals surface area (Å²) >= 11 is 0. The highest BCUT2D eigenvalue weighted by Crippen LogP contribution is 2.46. The lowest BCUT2D eigenvalue weighted by Crippen LogP contribution is -2.37. The molecular formula is C29H39N4O6P. The summed E-state index contributed by atoms with van der Waals surface area (Å²) in [5.74, 6) is 2.52. The third-order valence-electron chi connectivity index (χ3n) is 6.96. The van der Waals surface area contributed by atoms with Crippen molar-refractivity contribution in [3.63, 3.8) is 0 Å². The number of aromatic nitrogens is 2. The normalized spacial score (nSPS) is 16.4. The van der Waals surface area contributed by atoms with E-state index in [1.165, 1.54) is 0 Å². The van der Waals surface area contributed by atoms with E-state index >= 15 is 0 Å². The molecule has 2 aromatic carbocycles. The number of para-hydroxylation sites is 1. The molecule has 216 valence electrons. The van der Waals surface area contributed by atoms with Crippen LogP contribution >= 0.6 is 7.52 Å². The maximum absolute atomic E-state index is 14.0. The van der Waals surface area contributed by atoms with Crippen molar-refractivity contribution in [1.82, 2.24) is 15.1 Å². The number of hydrogen-bond acceptors (Lipinski definition) is 9. The average Bonchev–Trinajstić information content (AvgIpc) is 2.95. The summed E-state index contributed by atoms with van der Waals surface area (Å²) in [6, 6.07) is 12.1. The quantitative estimate of drug-likeness (QED) is 0.223. The molecule has 0 radical (unpaired) electrons. The molecule has 0 spiro atoms. The van der Waals surface area contributed by atoms with Gasteiger partial charge in [0.05, 0.1) is 25.8 Å². The number of nitrogens with zero attached hydrogens (tertiary/aromatic N) is 3. The fraction of sp³-hybridized carbons (Fsp3) is 0.483. The number of benzene rings is 2. The lowest BCUT2D eigenvalue weighted by atomic mass is 9.94. The molecule has 4 rings (SSSR count). The molecule has 1 aromatic heterocycles. The molecule has 0 bridgehead atoms. The van der Waals surface area contributed by atoms with Crippen LogP contribution in [0.3, 0.4) is 0 Å². The predicted octanol–water partition coefficient (Wildman–Crippen LogP) is 5.46. The summed E-state index contributed by atoms with van der Waals surface area (Å²) in [6.07, 6.45) is 4.14. The van der Waals surface area contributed by atoms with Crippen LogP contribution in [0.1, 0.15) is 40.0 Å². The number of hydrogen-bond donors (Lipinski definition) is 1. The highest BCUT2D eigenvalue weighted by atomic mass is 31.2. The summed E-state index contributed by atoms with van der Waals surface area (Å²) < 4.78 is 36.2. The predicted molar refractivity (Wildman–Crippen MR) is 156 cm³/mol. The molecule has 1 fully saturated rings. The Bertz CT molecular complexity index is 1330. The third kappa shape index (κ3) is 7.43. The number of carbonyl (C=O) groups excluding carboxylic acids is 1. The number of piperidine rings is 1. The van der Waals surface area contributed by atoms with Crippen molar-refractivity contribution >= 4 is 30.2 Å². The number of esters is 1. The molecule has 10 nitrogen and oxygen atoms in total. The zero-order valence-electron chi connectivity index (χ0n) is 23.8. The molecule has 0 amide bonds. The van der Waals surface area contributed by atoms with Crippen LogP contribution < -0.4 is 24.0 Å². The van der Waals surface area contributed by atoms with E-state index in [0.29, 0.717) is 35.7 Å². The highest BCUT2D eigenvalue weighted by molar-refractivity contribution is 7.57. The number of anilines is 1. The first-order valence-electron chi connectivity index (χ1n) is 13.6. The van der Waals surface area contributed by atoms with Gasteiger partial charge in [-0.1, -0.05) is 18.2 Å². The van der Waals surface area contributed by atoms with E-state index in [4.69, 9.17) is 18.7 Å². The number of methoxy groups -OCH3 is 2. The van der Waals surface area contributed by atoms with Crippen LogP contribution in [-0.4, -0.2) is 61.6 Å². The molecule has 0 saturated carbocycles. The van der Waals surface area contributed by atoms with Crippen molar-refractivity contribution < 1.29 is 28.1 Å². The van der Waals surface area contributed by atoms with E-state index in [1.807, 2.05) is 30.3 Å². The summed E-state index contributed by atoms with van der Waals surface area (Å²) in [5, 5.41) is 3.88. The van der Waals surface area contributed by atoms with Crippen LogP contribution in [0.5, 0.6) is 17.2 Å². The molecule has 1 unspecified atom stereocenters. The maximum atomic E-state index is 14.0. The molecule has 1 saturated heterocycles. The van der Waals surface area contributed by atoms with E-state index in [-0.39, 0.29) is 6.10 Å². The largest absolute Gasteiger partial charge is 0.493 e. The summed E-state index contributed by atoms with van der Waals surface area (Å²) in [6.45, 7) is 6.84. The van der Waals surface area contributed by atoms with Gasteiger partial charge in [0.1, 0.15) is 23.9 Å². The van der Waals surface area contributed by atoms with E-state index < -0.39 is 19.5 Å². The zero-order chi connectivity index (χ0) is 28.7. The minimum Gasteiger partial charge on any atom is -0.493 e. The topological polar surface area (TPSA) is 112 Å². The number of carbonyl (C=O) groups is 1. The Labute approximate surface area is 235 Å². The van der Waals surface area contributed by atoms with Gasteiger partial charge >= 0.3 is 13.5 Å². The Kier molecular flexibility index (Phi) is 9.87. The Morgan fingerprint density at radius 2 is 1.73 bits per heavy atom. The van der Waals surface area contributed by atoms with Crippen LogP contribution in [0.15, 0.2) is 48.8 Å². The molecule has 1 N–H and O–H groups in total. The van der Waals surface area contributed by atoms with Gasteiger partial charge in [0, 0.05) is 30.7 Å². The number of ether oxygens (including phenoxy) is 3. The smallest absolute Gasteiger partial charge is 0.323 e. The molecule has 40 heavy (non-hydrogen) atoms. The average molecular weight is 571 g/mol. The molecule has 11 heteroatoms. The standard InChI is InChI=1S/C29H39N4O6P/c1-20(2)38-29(34)21(3)32-40(35,39-23-9-7-6-8-10-23)16-13-22-11-14-33(15-12-22)28-24-17-26(36-4)27(37-5)18-25(24)30-19-31-28/h6-10,17-22H,11-16H2,1-5H3,(H,32,35)/t21-,40?/m0/s1. The summed E-state index contributed by atoms with van der Waals surface area (Å²) in [4.78, 5) is 23.7. The van der Waals surface area contributed by atoms with Crippen molar-refractivity contribution in [2.24, 2.45) is 5.92 Å². The van der Waals surface area contributed by atoms with E-state index in [2.05, 4.69) is 20.0 Å². The van der Waals surface area contributed by atoms with Crippen molar-refractivity contribution in [1.29, 1.82) is 0 Å². The van der Waals surface area contributed by atoms with Gasteiger partial charge in [0.2, 0.25) is 0 Å². The minimum absolute atomic E-state index is 0.258. The zero-order valence-corrected chi connectivity index (χ0v) is 24.7. The number of rotatable bonds is 12. The Morgan fingerprint density at radius 3 is 2.38 bits per heavy atom. The lowest BCUT2D eigenvalue weighted by molar-refractivity contribution is -0.149. The van der Waals surface area contributed by atoms with E-state index in [9.17, 15) is 9.36 Å². The summed E-state index contributed by atoms with van der Waals surface area (Å²) in [5.41, 5.74) is 0.792. The van der Waals surface area contributed by atoms with Crippen molar-refractivity contribution in [2.45, 2.75) is 52.2 Å². The van der Waals surface area contributed by atoms with Crippen molar-refractivity contribution in [3.8, 4) is 17.2 Å². The Morgan fingerprint density at radius 1 is 1.05 bits per heavy atom.